The molecule has 1 N–H and O–H groups in total. The Morgan fingerprint density at radius 3 is 2.46 bits per heavy atom. The number of anilines is 1. The topological polar surface area (TPSA) is 66.8 Å². The highest BCUT2D eigenvalue weighted by atomic mass is 35.5. The Balaban J connectivity index is 1.64. The van der Waals surface area contributed by atoms with Gasteiger partial charge in [0.15, 0.2) is 0 Å². The summed E-state index contributed by atoms with van der Waals surface area (Å²) in [6.45, 7) is 7.20. The number of carboxylic acids is 1. The molecule has 6 heteroatoms. The maximum Gasteiger partial charge on any atom is 0.335 e. The number of hydrogen-bond donors (Lipinski definition) is 1. The van der Waals surface area contributed by atoms with Crippen LogP contribution in [0.4, 0.5) is 5.69 Å². The van der Waals surface area contributed by atoms with E-state index in [2.05, 4.69) is 32.9 Å². The van der Waals surface area contributed by atoms with Crippen LogP contribution in [-0.4, -0.2) is 30.7 Å². The first-order valence-corrected chi connectivity index (χ1v) is 12.7. The lowest BCUT2D eigenvalue weighted by atomic mass is 9.66. The molecule has 4 rings (SSSR count). The first-order valence-electron chi connectivity index (χ1n) is 12.3. The van der Waals surface area contributed by atoms with E-state index in [1.54, 1.807) is 24.1 Å². The molecule has 186 valence electrons. The monoisotopic (exact) mass is 495 g/mol. The van der Waals surface area contributed by atoms with Gasteiger partial charge in [-0.25, -0.2) is 4.79 Å². The zero-order valence-electron chi connectivity index (χ0n) is 20.9. The van der Waals surface area contributed by atoms with Gasteiger partial charge in [-0.05, 0) is 84.0 Å². The van der Waals surface area contributed by atoms with E-state index in [0.717, 1.165) is 22.1 Å². The van der Waals surface area contributed by atoms with E-state index in [0.29, 0.717) is 30.6 Å². The molecule has 0 spiro atoms. The van der Waals surface area contributed by atoms with Gasteiger partial charge in [-0.1, -0.05) is 44.5 Å². The Hall–Kier alpha value is -2.63. The standard InChI is InChI=1S/C29H34ClNO4/c1-18(2)20-13-21(14-20)25-10-7-22(15-26(25)30)29(3)16-27(32)31(17-23(29)11-12-35-4)24-8-5-19(6-9-24)28(33)34/h5-10,15,17-18,20-21H,11-14,16H2,1-4H3,(H,33,34)/t20?,21?,29-/m0/s1. The lowest BCUT2D eigenvalue weighted by Crippen LogP contribution is -2.41. The largest absolute Gasteiger partial charge is 0.478 e. The maximum absolute atomic E-state index is 13.3. The lowest BCUT2D eigenvalue weighted by Gasteiger charge is -2.41. The molecule has 1 atom stereocenters. The normalized spacial score (nSPS) is 24.3. The Labute approximate surface area is 212 Å². The molecule has 1 amide bonds. The lowest BCUT2D eigenvalue weighted by molar-refractivity contribution is -0.119. The maximum atomic E-state index is 13.3. The van der Waals surface area contributed by atoms with Crippen molar-refractivity contribution in [2.45, 2.75) is 57.8 Å². The molecule has 0 saturated heterocycles. The van der Waals surface area contributed by atoms with Crippen molar-refractivity contribution in [3.05, 3.63) is 76.0 Å². The number of carbonyl (C=O) groups is 2. The quantitative estimate of drug-likeness (QED) is 0.437. The van der Waals surface area contributed by atoms with E-state index in [9.17, 15) is 14.7 Å². The van der Waals surface area contributed by atoms with Crippen molar-refractivity contribution in [1.29, 1.82) is 0 Å². The number of halogens is 1. The first-order chi connectivity index (χ1) is 16.6. The fourth-order valence-corrected chi connectivity index (χ4v) is 5.69. The number of benzene rings is 2. The fraction of sp³-hybridized carbons (Fsp3) is 0.448. The third-order valence-electron chi connectivity index (χ3n) is 7.93. The summed E-state index contributed by atoms with van der Waals surface area (Å²) in [6, 6.07) is 12.7. The van der Waals surface area contributed by atoms with Crippen LogP contribution >= 0.6 is 11.6 Å². The first kappa shape index (κ1) is 25.5. The Morgan fingerprint density at radius 1 is 1.20 bits per heavy atom. The van der Waals surface area contributed by atoms with Gasteiger partial charge in [0.2, 0.25) is 5.91 Å². The van der Waals surface area contributed by atoms with Crippen molar-refractivity contribution in [1.82, 2.24) is 0 Å². The fourth-order valence-electron chi connectivity index (χ4n) is 5.36. The minimum absolute atomic E-state index is 0.0456. The van der Waals surface area contributed by atoms with Crippen molar-refractivity contribution in [3.63, 3.8) is 0 Å². The third-order valence-corrected chi connectivity index (χ3v) is 8.26. The van der Waals surface area contributed by atoms with Crippen LogP contribution in [0.1, 0.15) is 73.9 Å². The summed E-state index contributed by atoms with van der Waals surface area (Å²) in [4.78, 5) is 26.2. The van der Waals surface area contributed by atoms with Crippen LogP contribution in [0.15, 0.2) is 54.2 Å². The number of amides is 1. The van der Waals surface area contributed by atoms with Crippen molar-refractivity contribution in [2.75, 3.05) is 18.6 Å². The predicted octanol–water partition coefficient (Wildman–Crippen LogP) is 6.80. The van der Waals surface area contributed by atoms with E-state index in [1.165, 1.54) is 30.5 Å². The van der Waals surface area contributed by atoms with Crippen molar-refractivity contribution >= 4 is 29.2 Å². The van der Waals surface area contributed by atoms with Gasteiger partial charge in [-0.3, -0.25) is 9.69 Å². The van der Waals surface area contributed by atoms with Crippen molar-refractivity contribution in [2.24, 2.45) is 11.8 Å². The van der Waals surface area contributed by atoms with Crippen LogP contribution in [-0.2, 0) is 14.9 Å². The van der Waals surface area contributed by atoms with E-state index < -0.39 is 11.4 Å². The molecular formula is C29H34ClNO4. The molecule has 1 heterocycles. The molecule has 2 aliphatic rings. The summed E-state index contributed by atoms with van der Waals surface area (Å²) < 4.78 is 5.37. The van der Waals surface area contributed by atoms with Crippen molar-refractivity contribution < 1.29 is 19.4 Å². The summed E-state index contributed by atoms with van der Waals surface area (Å²) in [5.74, 6) is 0.942. The highest BCUT2D eigenvalue weighted by Crippen LogP contribution is 2.49. The summed E-state index contributed by atoms with van der Waals surface area (Å²) in [7, 11) is 1.67. The zero-order valence-corrected chi connectivity index (χ0v) is 21.6. The molecule has 2 aromatic rings. The van der Waals surface area contributed by atoms with Crippen LogP contribution in [0.3, 0.4) is 0 Å². The number of methoxy groups -OCH3 is 1. The summed E-state index contributed by atoms with van der Waals surface area (Å²) in [5.41, 5.74) is 3.65. The second-order valence-corrected chi connectivity index (χ2v) is 10.8. The van der Waals surface area contributed by atoms with Gasteiger partial charge in [0.1, 0.15) is 0 Å². The summed E-state index contributed by atoms with van der Waals surface area (Å²) >= 11 is 6.81. The smallest absolute Gasteiger partial charge is 0.335 e. The van der Waals surface area contributed by atoms with E-state index in [-0.39, 0.29) is 17.9 Å². The molecule has 0 radical (unpaired) electrons. The number of nitrogens with zero attached hydrogens (tertiary/aromatic N) is 1. The van der Waals surface area contributed by atoms with Gasteiger partial charge in [-0.15, -0.1) is 0 Å². The summed E-state index contributed by atoms with van der Waals surface area (Å²) in [6.07, 6.45) is 5.21. The molecule has 1 saturated carbocycles. The molecule has 2 aromatic carbocycles. The van der Waals surface area contributed by atoms with Gasteiger partial charge < -0.3 is 9.84 Å². The molecule has 1 aliphatic heterocycles. The zero-order chi connectivity index (χ0) is 25.3. The highest BCUT2D eigenvalue weighted by molar-refractivity contribution is 6.31. The van der Waals surface area contributed by atoms with Crippen LogP contribution in [0.5, 0.6) is 0 Å². The molecule has 0 unspecified atom stereocenters. The Morgan fingerprint density at radius 2 is 1.89 bits per heavy atom. The van der Waals surface area contributed by atoms with Crippen LogP contribution in [0.2, 0.25) is 5.02 Å². The van der Waals surface area contributed by atoms with Gasteiger partial charge in [0.25, 0.3) is 0 Å². The summed E-state index contributed by atoms with van der Waals surface area (Å²) in [5, 5.41) is 9.97. The number of carboxylic acid groups (broad SMARTS) is 1. The van der Waals surface area contributed by atoms with Crippen LogP contribution in [0.25, 0.3) is 0 Å². The molecule has 5 nitrogen and oxygen atoms in total. The van der Waals surface area contributed by atoms with E-state index >= 15 is 0 Å². The minimum Gasteiger partial charge on any atom is -0.478 e. The van der Waals surface area contributed by atoms with Crippen molar-refractivity contribution in [3.8, 4) is 0 Å². The average Bonchev–Trinajstić information content (AvgIpc) is 2.78. The van der Waals surface area contributed by atoms with E-state index in [4.69, 9.17) is 16.3 Å². The molecule has 0 aromatic heterocycles. The van der Waals surface area contributed by atoms with E-state index in [1.807, 2.05) is 12.3 Å². The van der Waals surface area contributed by atoms with Crippen LogP contribution < -0.4 is 4.90 Å². The predicted molar refractivity (Wildman–Crippen MR) is 139 cm³/mol. The second-order valence-electron chi connectivity index (χ2n) is 10.4. The molecule has 1 fully saturated rings. The van der Waals surface area contributed by atoms with Gasteiger partial charge >= 0.3 is 5.97 Å². The number of carbonyl (C=O) groups excluding carboxylic acids is 1. The van der Waals surface area contributed by atoms with Crippen LogP contribution in [0, 0.1) is 11.8 Å². The minimum atomic E-state index is -0.993. The van der Waals surface area contributed by atoms with Gasteiger partial charge in [0, 0.05) is 42.5 Å². The highest BCUT2D eigenvalue weighted by Gasteiger charge is 2.40. The number of hydrogen-bond acceptors (Lipinski definition) is 3. The Kier molecular flexibility index (Phi) is 7.39. The van der Waals surface area contributed by atoms with Gasteiger partial charge in [-0.2, -0.15) is 0 Å². The number of rotatable bonds is 8. The average molecular weight is 496 g/mol. The van der Waals surface area contributed by atoms with Gasteiger partial charge in [0.05, 0.1) is 5.56 Å². The molecule has 1 aliphatic carbocycles. The molecule has 0 bridgehead atoms. The Bertz CT molecular complexity index is 1130. The molecule has 35 heavy (non-hydrogen) atoms. The number of aromatic carboxylic acids is 1. The molecular weight excluding hydrogens is 462 g/mol. The number of ether oxygens (including phenoxy) is 1. The third kappa shape index (κ3) is 5.03. The SMILES string of the molecule is COCCC1=CN(c2ccc(C(=O)O)cc2)C(=O)C[C@@]1(C)c1ccc(C2CC(C(C)C)C2)c(Cl)c1. The second kappa shape index (κ2) is 10.2.